The molecule has 20 heavy (non-hydrogen) atoms. The minimum absolute atomic E-state index is 0.153. The van der Waals surface area contributed by atoms with Gasteiger partial charge in [-0.15, -0.1) is 0 Å². The summed E-state index contributed by atoms with van der Waals surface area (Å²) >= 11 is 0. The van der Waals surface area contributed by atoms with Crippen LogP contribution in [0, 0.1) is 20.8 Å². The molecule has 0 aliphatic rings. The highest BCUT2D eigenvalue weighted by Crippen LogP contribution is 2.07. The van der Waals surface area contributed by atoms with Gasteiger partial charge in [0.2, 0.25) is 11.7 Å². The van der Waals surface area contributed by atoms with Gasteiger partial charge in [0.05, 0.1) is 6.21 Å². The van der Waals surface area contributed by atoms with E-state index in [9.17, 15) is 4.79 Å². The van der Waals surface area contributed by atoms with Crippen LogP contribution < -0.4 is 5.43 Å². The highest BCUT2D eigenvalue weighted by molar-refractivity contribution is 6.35. The van der Waals surface area contributed by atoms with Crippen LogP contribution in [0.3, 0.4) is 0 Å². The number of benzene rings is 1. The van der Waals surface area contributed by atoms with Gasteiger partial charge >= 0.3 is 0 Å². The van der Waals surface area contributed by atoms with Crippen LogP contribution in [-0.4, -0.2) is 22.0 Å². The molecular formula is C15H16N4O. The van der Waals surface area contributed by atoms with E-state index in [2.05, 4.69) is 20.5 Å². The van der Waals surface area contributed by atoms with Gasteiger partial charge in [0, 0.05) is 17.0 Å². The Morgan fingerprint density at radius 2 is 1.80 bits per heavy atom. The van der Waals surface area contributed by atoms with Gasteiger partial charge in [-0.05, 0) is 32.4 Å². The average Bonchev–Trinajstić information content (AvgIpc) is 2.38. The van der Waals surface area contributed by atoms with E-state index in [0.717, 1.165) is 17.0 Å². The predicted octanol–water partition coefficient (Wildman–Crippen LogP) is 2.68. The molecule has 0 fully saturated rings. The Morgan fingerprint density at radius 1 is 1.15 bits per heavy atom. The highest BCUT2D eigenvalue weighted by Gasteiger charge is 2.05. The zero-order chi connectivity index (χ0) is 14.5. The highest BCUT2D eigenvalue weighted by atomic mass is 16.1. The number of Topliss-reactive ketones (excluding diaryl/α,β-unsaturated/α-hetero) is 1. The molecule has 0 spiro atoms. The molecule has 0 saturated heterocycles. The SMILES string of the molecule is Cc1cc(C)nc(NN=CC(=O)c2ccccc2C)n1. The maximum atomic E-state index is 12.0. The van der Waals surface area contributed by atoms with Gasteiger partial charge in [-0.3, -0.25) is 4.79 Å². The summed E-state index contributed by atoms with van der Waals surface area (Å²) in [7, 11) is 0. The van der Waals surface area contributed by atoms with Gasteiger partial charge in [0.15, 0.2) is 0 Å². The second kappa shape index (κ2) is 6.06. The maximum absolute atomic E-state index is 12.0. The molecule has 0 aliphatic heterocycles. The molecule has 0 saturated carbocycles. The third-order valence-corrected chi connectivity index (χ3v) is 2.74. The molecule has 0 bridgehead atoms. The van der Waals surface area contributed by atoms with E-state index in [1.807, 2.05) is 45.0 Å². The van der Waals surface area contributed by atoms with Gasteiger partial charge in [0.25, 0.3) is 0 Å². The van der Waals surface area contributed by atoms with Crippen molar-refractivity contribution < 1.29 is 4.79 Å². The van der Waals surface area contributed by atoms with Gasteiger partial charge in [-0.1, -0.05) is 24.3 Å². The molecule has 5 nitrogen and oxygen atoms in total. The summed E-state index contributed by atoms with van der Waals surface area (Å²) in [4.78, 5) is 20.3. The molecule has 2 rings (SSSR count). The third-order valence-electron chi connectivity index (χ3n) is 2.74. The van der Waals surface area contributed by atoms with Crippen LogP contribution in [0.15, 0.2) is 35.4 Å². The maximum Gasteiger partial charge on any atom is 0.243 e. The van der Waals surface area contributed by atoms with Crippen molar-refractivity contribution in [2.75, 3.05) is 5.43 Å². The average molecular weight is 268 g/mol. The molecule has 0 amide bonds. The molecule has 1 aromatic heterocycles. The first-order chi connectivity index (χ1) is 9.56. The molecule has 1 heterocycles. The first-order valence-corrected chi connectivity index (χ1v) is 6.27. The van der Waals surface area contributed by atoms with Gasteiger partial charge < -0.3 is 0 Å². The molecule has 0 radical (unpaired) electrons. The normalized spacial score (nSPS) is 10.8. The molecule has 0 atom stereocenters. The summed E-state index contributed by atoms with van der Waals surface area (Å²) in [6, 6.07) is 9.26. The summed E-state index contributed by atoms with van der Waals surface area (Å²) in [5, 5.41) is 3.89. The van der Waals surface area contributed by atoms with Crippen LogP contribution in [0.2, 0.25) is 0 Å². The number of anilines is 1. The minimum atomic E-state index is -0.153. The molecule has 1 aromatic carbocycles. The number of ketones is 1. The fourth-order valence-electron chi connectivity index (χ4n) is 1.84. The Balaban J connectivity index is 2.07. The van der Waals surface area contributed by atoms with Crippen molar-refractivity contribution >= 4 is 17.9 Å². The van der Waals surface area contributed by atoms with Crippen molar-refractivity contribution in [3.63, 3.8) is 0 Å². The molecule has 1 N–H and O–H groups in total. The topological polar surface area (TPSA) is 67.2 Å². The van der Waals surface area contributed by atoms with Gasteiger partial charge in [0.1, 0.15) is 0 Å². The molecule has 102 valence electrons. The first-order valence-electron chi connectivity index (χ1n) is 6.27. The van der Waals surface area contributed by atoms with E-state index in [0.29, 0.717) is 11.5 Å². The van der Waals surface area contributed by atoms with Crippen LogP contribution >= 0.6 is 0 Å². The minimum Gasteiger partial charge on any atom is -0.287 e. The summed E-state index contributed by atoms with van der Waals surface area (Å²) in [6.45, 7) is 5.64. The van der Waals surface area contributed by atoms with Crippen LogP contribution in [0.5, 0.6) is 0 Å². The van der Waals surface area contributed by atoms with Crippen LogP contribution in [0.1, 0.15) is 27.3 Å². The number of carbonyl (C=O) groups excluding carboxylic acids is 1. The number of aryl methyl sites for hydroxylation is 3. The van der Waals surface area contributed by atoms with Crippen molar-refractivity contribution in [3.05, 3.63) is 52.8 Å². The number of hydrazone groups is 1. The van der Waals surface area contributed by atoms with Crippen molar-refractivity contribution in [1.82, 2.24) is 9.97 Å². The second-order valence-electron chi connectivity index (χ2n) is 4.52. The Hall–Kier alpha value is -2.56. The molecule has 2 aromatic rings. The summed E-state index contributed by atoms with van der Waals surface area (Å²) in [5.41, 5.74) is 5.93. The van der Waals surface area contributed by atoms with Crippen molar-refractivity contribution in [2.24, 2.45) is 5.10 Å². The van der Waals surface area contributed by atoms with Crippen molar-refractivity contribution in [3.8, 4) is 0 Å². The smallest absolute Gasteiger partial charge is 0.243 e. The lowest BCUT2D eigenvalue weighted by atomic mass is 10.1. The third kappa shape index (κ3) is 3.47. The Morgan fingerprint density at radius 3 is 2.45 bits per heavy atom. The van der Waals surface area contributed by atoms with E-state index in [-0.39, 0.29) is 5.78 Å². The number of aromatic nitrogens is 2. The number of hydrogen-bond acceptors (Lipinski definition) is 5. The van der Waals surface area contributed by atoms with E-state index < -0.39 is 0 Å². The Kier molecular flexibility index (Phi) is 4.20. The van der Waals surface area contributed by atoms with Crippen LogP contribution in [0.4, 0.5) is 5.95 Å². The van der Waals surface area contributed by atoms with E-state index in [4.69, 9.17) is 0 Å². The summed E-state index contributed by atoms with van der Waals surface area (Å²) < 4.78 is 0. The standard InChI is InChI=1S/C15H16N4O/c1-10-6-4-5-7-13(10)14(20)9-16-19-15-17-11(2)8-12(3)18-15/h4-9H,1-3H3,(H,17,18,19). The second-order valence-corrected chi connectivity index (χ2v) is 4.52. The zero-order valence-corrected chi connectivity index (χ0v) is 11.7. The number of rotatable bonds is 4. The number of carbonyl (C=O) groups is 1. The molecular weight excluding hydrogens is 252 g/mol. The molecule has 0 unspecified atom stereocenters. The van der Waals surface area contributed by atoms with Crippen molar-refractivity contribution in [1.29, 1.82) is 0 Å². The lowest BCUT2D eigenvalue weighted by Gasteiger charge is -2.02. The van der Waals surface area contributed by atoms with E-state index >= 15 is 0 Å². The predicted molar refractivity (Wildman–Crippen MR) is 79.1 cm³/mol. The Bertz CT molecular complexity index is 644. The monoisotopic (exact) mass is 268 g/mol. The summed E-state index contributed by atoms with van der Waals surface area (Å²) in [5.74, 6) is 0.233. The fraction of sp³-hybridized carbons (Fsp3) is 0.200. The molecule has 0 aliphatic carbocycles. The van der Waals surface area contributed by atoms with Crippen molar-refractivity contribution in [2.45, 2.75) is 20.8 Å². The van der Waals surface area contributed by atoms with Crippen LogP contribution in [-0.2, 0) is 0 Å². The zero-order valence-electron chi connectivity index (χ0n) is 11.7. The quantitative estimate of drug-likeness (QED) is 0.526. The number of nitrogens with zero attached hydrogens (tertiary/aromatic N) is 3. The van der Waals surface area contributed by atoms with Crippen LogP contribution in [0.25, 0.3) is 0 Å². The summed E-state index contributed by atoms with van der Waals surface area (Å²) in [6.07, 6.45) is 1.24. The van der Waals surface area contributed by atoms with E-state index in [1.54, 1.807) is 6.07 Å². The van der Waals surface area contributed by atoms with E-state index in [1.165, 1.54) is 6.21 Å². The Labute approximate surface area is 117 Å². The lowest BCUT2D eigenvalue weighted by Crippen LogP contribution is -2.06. The largest absolute Gasteiger partial charge is 0.287 e. The van der Waals surface area contributed by atoms with Gasteiger partial charge in [-0.25, -0.2) is 15.4 Å². The lowest BCUT2D eigenvalue weighted by molar-refractivity contribution is 0.107. The van der Waals surface area contributed by atoms with Gasteiger partial charge in [-0.2, -0.15) is 5.10 Å². The number of nitrogens with one attached hydrogen (secondary N) is 1. The number of hydrogen-bond donors (Lipinski definition) is 1. The molecule has 5 heteroatoms. The fourth-order valence-corrected chi connectivity index (χ4v) is 1.84. The first kappa shape index (κ1) is 13.9.